The zero-order valence-corrected chi connectivity index (χ0v) is 18.5. The van der Waals surface area contributed by atoms with Crippen molar-refractivity contribution < 1.29 is 24.2 Å². The molecule has 5 heteroatoms. The fourth-order valence-corrected chi connectivity index (χ4v) is 3.03. The molecule has 0 fully saturated rings. The first-order valence-electron chi connectivity index (χ1n) is 11.0. The van der Waals surface area contributed by atoms with Crippen molar-refractivity contribution in [3.05, 3.63) is 29.3 Å². The van der Waals surface area contributed by atoms with E-state index in [1.54, 1.807) is 0 Å². The van der Waals surface area contributed by atoms with Crippen LogP contribution in [0.15, 0.2) is 18.2 Å². The lowest BCUT2D eigenvalue weighted by Crippen LogP contribution is -2.15. The van der Waals surface area contributed by atoms with Gasteiger partial charge in [0.1, 0.15) is 5.75 Å². The molecule has 1 rings (SSSR count). The maximum Gasteiger partial charge on any atom is 0.339 e. The van der Waals surface area contributed by atoms with Crippen molar-refractivity contribution in [2.45, 2.75) is 79.1 Å². The van der Waals surface area contributed by atoms with E-state index in [2.05, 4.69) is 27.7 Å². The summed E-state index contributed by atoms with van der Waals surface area (Å²) in [6.45, 7) is 9.38. The van der Waals surface area contributed by atoms with E-state index >= 15 is 0 Å². The second-order valence-electron chi connectivity index (χ2n) is 8.49. The lowest BCUT2D eigenvalue weighted by molar-refractivity contribution is 0.0450. The molecule has 164 valence electrons. The van der Waals surface area contributed by atoms with Crippen LogP contribution in [0.2, 0.25) is 0 Å². The first kappa shape index (κ1) is 25.0. The molecule has 29 heavy (non-hydrogen) atoms. The molecule has 1 aromatic rings. The highest BCUT2D eigenvalue weighted by molar-refractivity contribution is 6.03. The maximum atomic E-state index is 12.4. The lowest BCUT2D eigenvalue weighted by atomic mass is 10.1. The van der Waals surface area contributed by atoms with Crippen molar-refractivity contribution in [2.75, 3.05) is 13.2 Å². The second kappa shape index (κ2) is 14.0. The number of carbonyl (C=O) groups is 2. The van der Waals surface area contributed by atoms with Gasteiger partial charge in [-0.25, -0.2) is 9.59 Å². The first-order valence-corrected chi connectivity index (χ1v) is 11.0. The molecule has 0 amide bonds. The highest BCUT2D eigenvalue weighted by atomic mass is 16.5. The molecule has 0 radical (unpaired) electrons. The predicted molar refractivity (Wildman–Crippen MR) is 115 cm³/mol. The fraction of sp³-hybridized carbons (Fsp3) is 0.667. The van der Waals surface area contributed by atoms with Gasteiger partial charge in [-0.05, 0) is 42.9 Å². The third kappa shape index (κ3) is 10.9. The van der Waals surface area contributed by atoms with Gasteiger partial charge >= 0.3 is 11.9 Å². The summed E-state index contributed by atoms with van der Waals surface area (Å²) in [4.78, 5) is 24.8. The molecule has 0 unspecified atom stereocenters. The van der Waals surface area contributed by atoms with Gasteiger partial charge in [0.05, 0.1) is 24.3 Å². The van der Waals surface area contributed by atoms with E-state index in [-0.39, 0.29) is 16.9 Å². The Kier molecular flexibility index (Phi) is 12.1. The second-order valence-corrected chi connectivity index (χ2v) is 8.49. The van der Waals surface area contributed by atoms with E-state index < -0.39 is 11.9 Å². The number of benzene rings is 1. The maximum absolute atomic E-state index is 12.4. The number of phenols is 1. The minimum atomic E-state index is -0.603. The molecule has 0 bridgehead atoms. The van der Waals surface area contributed by atoms with Gasteiger partial charge in [0, 0.05) is 0 Å². The molecule has 5 nitrogen and oxygen atoms in total. The van der Waals surface area contributed by atoms with Crippen LogP contribution in [-0.4, -0.2) is 30.3 Å². The first-order chi connectivity index (χ1) is 13.8. The van der Waals surface area contributed by atoms with Crippen molar-refractivity contribution in [3.8, 4) is 5.75 Å². The molecular formula is C24H38O5. The van der Waals surface area contributed by atoms with Gasteiger partial charge in [0.2, 0.25) is 0 Å². The molecule has 0 spiro atoms. The van der Waals surface area contributed by atoms with Crippen molar-refractivity contribution in [1.82, 2.24) is 0 Å². The third-order valence-corrected chi connectivity index (χ3v) is 4.76. The molecule has 0 aliphatic heterocycles. The van der Waals surface area contributed by atoms with Gasteiger partial charge in [-0.3, -0.25) is 0 Å². The van der Waals surface area contributed by atoms with Gasteiger partial charge in [0.15, 0.2) is 0 Å². The van der Waals surface area contributed by atoms with E-state index in [1.807, 2.05) is 0 Å². The van der Waals surface area contributed by atoms with E-state index in [0.29, 0.717) is 25.0 Å². The average molecular weight is 407 g/mol. The van der Waals surface area contributed by atoms with Crippen molar-refractivity contribution >= 4 is 11.9 Å². The number of hydrogen-bond acceptors (Lipinski definition) is 5. The Morgan fingerprint density at radius 2 is 1.24 bits per heavy atom. The fourth-order valence-electron chi connectivity index (χ4n) is 3.03. The average Bonchev–Trinajstić information content (AvgIpc) is 2.66. The minimum Gasteiger partial charge on any atom is -0.508 e. The highest BCUT2D eigenvalue weighted by Gasteiger charge is 2.20. The van der Waals surface area contributed by atoms with Crippen LogP contribution in [0.5, 0.6) is 5.75 Å². The predicted octanol–water partition coefficient (Wildman–Crippen LogP) is 6.14. The van der Waals surface area contributed by atoms with Crippen molar-refractivity contribution in [3.63, 3.8) is 0 Å². The van der Waals surface area contributed by atoms with Gasteiger partial charge in [-0.15, -0.1) is 0 Å². The van der Waals surface area contributed by atoms with E-state index in [9.17, 15) is 14.7 Å². The summed E-state index contributed by atoms with van der Waals surface area (Å²) in [7, 11) is 0. The minimum absolute atomic E-state index is 0.0528. The Balaban J connectivity index is 2.49. The number of hydrogen-bond donors (Lipinski definition) is 1. The lowest BCUT2D eigenvalue weighted by Gasteiger charge is -2.11. The number of unbranched alkanes of at least 4 members (excludes halogenated alkanes) is 4. The van der Waals surface area contributed by atoms with Crippen LogP contribution in [0.4, 0.5) is 0 Å². The Bertz CT molecular complexity index is 622. The zero-order valence-electron chi connectivity index (χ0n) is 18.5. The number of rotatable bonds is 14. The molecule has 0 aromatic heterocycles. The van der Waals surface area contributed by atoms with Crippen LogP contribution in [0.25, 0.3) is 0 Å². The molecule has 1 aromatic carbocycles. The Hall–Kier alpha value is -2.04. The monoisotopic (exact) mass is 406 g/mol. The summed E-state index contributed by atoms with van der Waals surface area (Å²) in [5.74, 6) is 0.109. The molecule has 0 aliphatic carbocycles. The van der Waals surface area contributed by atoms with Gasteiger partial charge in [-0.1, -0.05) is 66.2 Å². The molecule has 0 saturated carbocycles. The molecule has 0 aliphatic rings. The SMILES string of the molecule is CC(C)CCCCCOC(=O)c1ccc(O)cc1C(=O)OCCCCCC(C)C. The van der Waals surface area contributed by atoms with Gasteiger partial charge < -0.3 is 14.6 Å². The quantitative estimate of drug-likeness (QED) is 0.297. The number of ether oxygens (including phenoxy) is 2. The summed E-state index contributed by atoms with van der Waals surface area (Å²) in [5.41, 5.74) is 0.187. The van der Waals surface area contributed by atoms with Gasteiger partial charge in [-0.2, -0.15) is 0 Å². The Labute approximate surface area is 175 Å². The Morgan fingerprint density at radius 1 is 0.759 bits per heavy atom. The largest absolute Gasteiger partial charge is 0.508 e. The van der Waals surface area contributed by atoms with Crippen LogP contribution in [0.1, 0.15) is 99.8 Å². The summed E-state index contributed by atoms with van der Waals surface area (Å²) < 4.78 is 10.6. The van der Waals surface area contributed by atoms with Crippen LogP contribution < -0.4 is 0 Å². The van der Waals surface area contributed by atoms with Crippen molar-refractivity contribution in [2.24, 2.45) is 11.8 Å². The third-order valence-electron chi connectivity index (χ3n) is 4.76. The molecule has 0 saturated heterocycles. The molecule has 0 atom stereocenters. The number of phenolic OH excluding ortho intramolecular Hbond substituents is 1. The summed E-state index contributed by atoms with van der Waals surface area (Å²) in [5, 5.41) is 9.72. The number of aromatic hydroxyl groups is 1. The molecule has 0 heterocycles. The number of esters is 2. The molecule has 1 N–H and O–H groups in total. The normalized spacial score (nSPS) is 11.1. The van der Waals surface area contributed by atoms with E-state index in [0.717, 1.165) is 44.9 Å². The smallest absolute Gasteiger partial charge is 0.339 e. The standard InChI is InChI=1S/C24H38O5/c1-18(2)11-7-5-9-15-28-23(26)21-14-13-20(25)17-22(21)24(27)29-16-10-6-8-12-19(3)4/h13-14,17-19,25H,5-12,15-16H2,1-4H3. The van der Waals surface area contributed by atoms with Crippen LogP contribution in [0.3, 0.4) is 0 Å². The summed E-state index contributed by atoms with van der Waals surface area (Å²) in [6, 6.07) is 4.05. The molecular weight excluding hydrogens is 368 g/mol. The van der Waals surface area contributed by atoms with Crippen LogP contribution in [0, 0.1) is 11.8 Å². The highest BCUT2D eigenvalue weighted by Crippen LogP contribution is 2.19. The zero-order chi connectivity index (χ0) is 21.6. The Morgan fingerprint density at radius 3 is 1.72 bits per heavy atom. The topological polar surface area (TPSA) is 72.8 Å². The summed E-state index contributed by atoms with van der Waals surface area (Å²) in [6.07, 6.45) is 8.14. The summed E-state index contributed by atoms with van der Waals surface area (Å²) >= 11 is 0. The van der Waals surface area contributed by atoms with Gasteiger partial charge in [0.25, 0.3) is 0 Å². The van der Waals surface area contributed by atoms with E-state index in [1.165, 1.54) is 24.6 Å². The number of carbonyl (C=O) groups excluding carboxylic acids is 2. The van der Waals surface area contributed by atoms with E-state index in [4.69, 9.17) is 9.47 Å². The van der Waals surface area contributed by atoms with Crippen LogP contribution in [-0.2, 0) is 9.47 Å². The van der Waals surface area contributed by atoms with Crippen molar-refractivity contribution in [1.29, 1.82) is 0 Å². The van der Waals surface area contributed by atoms with Crippen LogP contribution >= 0.6 is 0 Å².